The molecule has 0 rings (SSSR count). The molecule has 0 radical (unpaired) electrons. The standard InChI is InChI=1S/C4H9FO3S/c1-3-7-9(6)8-4(2)5/h4H,3H2,1-2H3. The minimum absolute atomic E-state index is 0.249. The Kier molecular flexibility index (Phi) is 4.84. The topological polar surface area (TPSA) is 35.5 Å². The Labute approximate surface area is 56.0 Å². The minimum atomic E-state index is -1.93. The van der Waals surface area contributed by atoms with Crippen LogP contribution in [0.25, 0.3) is 0 Å². The van der Waals surface area contributed by atoms with Crippen molar-refractivity contribution in [1.82, 2.24) is 0 Å². The van der Waals surface area contributed by atoms with Crippen molar-refractivity contribution in [3.8, 4) is 0 Å². The lowest BCUT2D eigenvalue weighted by atomic mass is 10.8. The fourth-order valence-electron chi connectivity index (χ4n) is 0.232. The summed E-state index contributed by atoms with van der Waals surface area (Å²) in [6, 6.07) is 0. The van der Waals surface area contributed by atoms with E-state index in [4.69, 9.17) is 0 Å². The summed E-state index contributed by atoms with van der Waals surface area (Å²) in [7, 11) is 0. The molecule has 0 aromatic heterocycles. The molecule has 2 unspecified atom stereocenters. The van der Waals surface area contributed by atoms with E-state index in [0.29, 0.717) is 0 Å². The molecule has 0 spiro atoms. The van der Waals surface area contributed by atoms with Gasteiger partial charge in [-0.2, -0.15) is 4.21 Å². The lowest BCUT2D eigenvalue weighted by molar-refractivity contribution is 0.0839. The summed E-state index contributed by atoms with van der Waals surface area (Å²) in [4.78, 5) is 0. The molecule has 5 heteroatoms. The molecular weight excluding hydrogens is 147 g/mol. The van der Waals surface area contributed by atoms with E-state index >= 15 is 0 Å². The molecule has 0 amide bonds. The van der Waals surface area contributed by atoms with Crippen LogP contribution in [-0.2, 0) is 19.7 Å². The van der Waals surface area contributed by atoms with Gasteiger partial charge in [-0.25, -0.2) is 8.57 Å². The molecule has 0 fully saturated rings. The van der Waals surface area contributed by atoms with Crippen LogP contribution in [0.1, 0.15) is 13.8 Å². The zero-order valence-corrected chi connectivity index (χ0v) is 6.11. The van der Waals surface area contributed by atoms with Crippen molar-refractivity contribution < 1.29 is 17.0 Å². The first kappa shape index (κ1) is 9.00. The van der Waals surface area contributed by atoms with Crippen molar-refractivity contribution >= 4 is 11.4 Å². The molecule has 0 saturated heterocycles. The molecule has 0 N–H and O–H groups in total. The molecule has 2 atom stereocenters. The average molecular weight is 156 g/mol. The summed E-state index contributed by atoms with van der Waals surface area (Å²) >= 11 is -1.93. The molecule has 56 valence electrons. The first-order chi connectivity index (χ1) is 4.16. The monoisotopic (exact) mass is 156 g/mol. The van der Waals surface area contributed by atoms with E-state index in [1.165, 1.54) is 0 Å². The molecule has 0 heterocycles. The molecule has 0 aliphatic heterocycles. The highest BCUT2D eigenvalue weighted by Gasteiger charge is 2.04. The van der Waals surface area contributed by atoms with Crippen LogP contribution in [-0.4, -0.2) is 17.2 Å². The lowest BCUT2D eigenvalue weighted by Gasteiger charge is -2.00. The fraction of sp³-hybridized carbons (Fsp3) is 1.00. The molecule has 9 heavy (non-hydrogen) atoms. The van der Waals surface area contributed by atoms with Gasteiger partial charge in [-0.3, -0.25) is 4.18 Å². The number of halogens is 1. The van der Waals surface area contributed by atoms with Crippen LogP contribution in [0.3, 0.4) is 0 Å². The maximum Gasteiger partial charge on any atom is 0.307 e. The van der Waals surface area contributed by atoms with Crippen molar-refractivity contribution in [2.45, 2.75) is 20.2 Å². The molecule has 0 saturated carbocycles. The third kappa shape index (κ3) is 5.88. The summed E-state index contributed by atoms with van der Waals surface area (Å²) in [5, 5.41) is 0. The van der Waals surface area contributed by atoms with Gasteiger partial charge in [0.15, 0.2) is 0 Å². The molecule has 0 aromatic carbocycles. The Balaban J connectivity index is 3.27. The second kappa shape index (κ2) is 4.84. The normalized spacial score (nSPS) is 17.2. The van der Waals surface area contributed by atoms with Crippen LogP contribution in [0.5, 0.6) is 0 Å². The Bertz CT molecular complexity index is 95.8. The summed E-state index contributed by atoms with van der Waals surface area (Å²) in [6.07, 6.45) is -1.54. The highest BCUT2D eigenvalue weighted by atomic mass is 32.2. The van der Waals surface area contributed by atoms with E-state index in [-0.39, 0.29) is 6.61 Å². The van der Waals surface area contributed by atoms with E-state index in [9.17, 15) is 8.60 Å². The number of rotatable bonds is 4. The smallest absolute Gasteiger partial charge is 0.269 e. The molecule has 0 aliphatic carbocycles. The van der Waals surface area contributed by atoms with Gasteiger partial charge in [-0.15, -0.1) is 0 Å². The Morgan fingerprint density at radius 2 is 2.33 bits per heavy atom. The lowest BCUT2D eigenvalue weighted by Crippen LogP contribution is -2.06. The molecular formula is C4H9FO3S. The van der Waals surface area contributed by atoms with Crippen molar-refractivity contribution in [3.05, 3.63) is 0 Å². The zero-order valence-electron chi connectivity index (χ0n) is 5.30. The van der Waals surface area contributed by atoms with E-state index in [2.05, 4.69) is 8.37 Å². The van der Waals surface area contributed by atoms with Crippen LogP contribution in [0.2, 0.25) is 0 Å². The summed E-state index contributed by atoms with van der Waals surface area (Å²) < 4.78 is 30.5. The zero-order chi connectivity index (χ0) is 7.28. The van der Waals surface area contributed by atoms with Crippen molar-refractivity contribution in [3.63, 3.8) is 0 Å². The molecule has 3 nitrogen and oxygen atoms in total. The van der Waals surface area contributed by atoms with Gasteiger partial charge in [0.25, 0.3) is 0 Å². The molecule has 0 aromatic rings. The quantitative estimate of drug-likeness (QED) is 0.607. The highest BCUT2D eigenvalue weighted by Crippen LogP contribution is 1.96. The van der Waals surface area contributed by atoms with Crippen LogP contribution in [0.15, 0.2) is 0 Å². The minimum Gasteiger partial charge on any atom is -0.269 e. The van der Waals surface area contributed by atoms with E-state index in [1.807, 2.05) is 0 Å². The van der Waals surface area contributed by atoms with Gasteiger partial charge in [0.05, 0.1) is 6.61 Å². The van der Waals surface area contributed by atoms with E-state index in [0.717, 1.165) is 6.92 Å². The van der Waals surface area contributed by atoms with Crippen LogP contribution < -0.4 is 0 Å². The maximum absolute atomic E-state index is 11.8. The van der Waals surface area contributed by atoms with Gasteiger partial charge in [-0.05, 0) is 13.8 Å². The van der Waals surface area contributed by atoms with E-state index in [1.54, 1.807) is 6.92 Å². The Morgan fingerprint density at radius 1 is 1.78 bits per heavy atom. The fourth-order valence-corrected chi connectivity index (χ4v) is 0.697. The van der Waals surface area contributed by atoms with Gasteiger partial charge in [0, 0.05) is 0 Å². The first-order valence-electron chi connectivity index (χ1n) is 2.53. The van der Waals surface area contributed by atoms with Crippen molar-refractivity contribution in [2.24, 2.45) is 0 Å². The van der Waals surface area contributed by atoms with Crippen molar-refractivity contribution in [1.29, 1.82) is 0 Å². The highest BCUT2D eigenvalue weighted by molar-refractivity contribution is 7.75. The van der Waals surface area contributed by atoms with Gasteiger partial charge < -0.3 is 0 Å². The second-order valence-corrected chi connectivity index (χ2v) is 2.09. The van der Waals surface area contributed by atoms with E-state index < -0.39 is 17.7 Å². The number of hydrogen-bond donors (Lipinski definition) is 0. The van der Waals surface area contributed by atoms with Crippen LogP contribution >= 0.6 is 0 Å². The predicted octanol–water partition coefficient (Wildman–Crippen LogP) is 0.934. The Morgan fingerprint density at radius 3 is 2.67 bits per heavy atom. The van der Waals surface area contributed by atoms with Gasteiger partial charge in [0.2, 0.25) is 6.36 Å². The Hall–Kier alpha value is -0.0000000000000000278. The average Bonchev–Trinajstić information content (AvgIpc) is 1.63. The summed E-state index contributed by atoms with van der Waals surface area (Å²) in [5.41, 5.74) is 0. The van der Waals surface area contributed by atoms with Crippen molar-refractivity contribution in [2.75, 3.05) is 6.61 Å². The molecule has 0 aliphatic rings. The molecule has 0 bridgehead atoms. The van der Waals surface area contributed by atoms with Crippen LogP contribution in [0.4, 0.5) is 4.39 Å². The first-order valence-corrected chi connectivity index (χ1v) is 3.53. The van der Waals surface area contributed by atoms with Gasteiger partial charge in [0.1, 0.15) is 0 Å². The summed E-state index contributed by atoms with van der Waals surface area (Å²) in [6.45, 7) is 3.03. The predicted molar refractivity (Wildman–Crippen MR) is 31.4 cm³/mol. The number of hydrogen-bond acceptors (Lipinski definition) is 3. The second-order valence-electron chi connectivity index (χ2n) is 1.25. The third-order valence-corrected chi connectivity index (χ3v) is 1.28. The summed E-state index contributed by atoms with van der Waals surface area (Å²) in [5.74, 6) is 0. The largest absolute Gasteiger partial charge is 0.307 e. The number of alkyl halides is 1. The maximum atomic E-state index is 11.8. The SMILES string of the molecule is CCOS(=O)OC(C)F. The van der Waals surface area contributed by atoms with Gasteiger partial charge in [-0.1, -0.05) is 0 Å². The van der Waals surface area contributed by atoms with Gasteiger partial charge >= 0.3 is 11.4 Å². The third-order valence-electron chi connectivity index (χ3n) is 0.425. The van der Waals surface area contributed by atoms with Crippen LogP contribution in [0, 0.1) is 0 Å².